The van der Waals surface area contributed by atoms with Crippen LogP contribution >= 0.6 is 0 Å². The van der Waals surface area contributed by atoms with Gasteiger partial charge in [0.15, 0.2) is 0 Å². The van der Waals surface area contributed by atoms with Gasteiger partial charge >= 0.3 is 0 Å². The van der Waals surface area contributed by atoms with Crippen molar-refractivity contribution in [1.82, 2.24) is 9.80 Å². The van der Waals surface area contributed by atoms with E-state index in [1.165, 1.54) is 0 Å². The van der Waals surface area contributed by atoms with Gasteiger partial charge in [0.05, 0.1) is 12.1 Å². The molecule has 2 amide bonds. The Bertz CT molecular complexity index is 443. The molecule has 3 saturated heterocycles. The Labute approximate surface area is 126 Å². The minimum Gasteiger partial charge on any atom is -0.379 e. The van der Waals surface area contributed by atoms with E-state index in [0.717, 1.165) is 32.2 Å². The number of rotatable bonds is 2. The van der Waals surface area contributed by atoms with Crippen LogP contribution in [0, 0.1) is 5.92 Å². The number of carbonyl (C=O) groups is 2. The molecule has 0 saturated carbocycles. The van der Waals surface area contributed by atoms with E-state index in [0.29, 0.717) is 13.2 Å². The predicted molar refractivity (Wildman–Crippen MR) is 78.7 cm³/mol. The first-order valence-corrected chi connectivity index (χ1v) is 8.17. The van der Waals surface area contributed by atoms with Gasteiger partial charge in [-0.3, -0.25) is 9.59 Å². The van der Waals surface area contributed by atoms with Crippen molar-refractivity contribution in [2.75, 3.05) is 19.8 Å². The van der Waals surface area contributed by atoms with Crippen molar-refractivity contribution in [1.29, 1.82) is 0 Å². The Balaban J connectivity index is 1.98. The normalized spacial score (nSPS) is 37.3. The molecule has 21 heavy (non-hydrogen) atoms. The van der Waals surface area contributed by atoms with Gasteiger partial charge in [0.1, 0.15) is 12.1 Å². The summed E-state index contributed by atoms with van der Waals surface area (Å²) >= 11 is 0. The molecule has 5 heteroatoms. The fourth-order valence-electron chi connectivity index (χ4n) is 4.06. The van der Waals surface area contributed by atoms with Gasteiger partial charge in [0.2, 0.25) is 11.8 Å². The lowest BCUT2D eigenvalue weighted by atomic mass is 9.85. The Hall–Kier alpha value is -1.10. The fourth-order valence-corrected chi connectivity index (χ4v) is 4.06. The molecule has 118 valence electrons. The van der Waals surface area contributed by atoms with Gasteiger partial charge in [0, 0.05) is 13.2 Å². The van der Waals surface area contributed by atoms with Crippen LogP contribution in [0.2, 0.25) is 0 Å². The van der Waals surface area contributed by atoms with E-state index < -0.39 is 0 Å². The van der Waals surface area contributed by atoms with Gasteiger partial charge in [-0.15, -0.1) is 0 Å². The molecular weight excluding hydrogens is 268 g/mol. The number of hydrogen-bond acceptors (Lipinski definition) is 3. The molecular formula is C16H26N2O3. The highest BCUT2D eigenvalue weighted by Crippen LogP contribution is 2.37. The lowest BCUT2D eigenvalue weighted by Crippen LogP contribution is -2.71. The first kappa shape index (κ1) is 14.8. The van der Waals surface area contributed by atoms with Crippen LogP contribution in [0.5, 0.6) is 0 Å². The Morgan fingerprint density at radius 3 is 2.62 bits per heavy atom. The smallest absolute Gasteiger partial charge is 0.246 e. The molecule has 0 aromatic carbocycles. The molecule has 0 aliphatic carbocycles. The van der Waals surface area contributed by atoms with Crippen LogP contribution in [0.25, 0.3) is 0 Å². The summed E-state index contributed by atoms with van der Waals surface area (Å²) < 4.78 is 5.54. The van der Waals surface area contributed by atoms with Gasteiger partial charge in [-0.1, -0.05) is 13.8 Å². The van der Waals surface area contributed by atoms with E-state index in [2.05, 4.69) is 6.92 Å². The van der Waals surface area contributed by atoms with Crippen molar-refractivity contribution < 1.29 is 14.3 Å². The van der Waals surface area contributed by atoms with Crippen LogP contribution in [0.15, 0.2) is 0 Å². The maximum atomic E-state index is 13.1. The molecule has 0 N–H and O–H groups in total. The maximum Gasteiger partial charge on any atom is 0.246 e. The van der Waals surface area contributed by atoms with Gasteiger partial charge in [-0.25, -0.2) is 0 Å². The lowest BCUT2D eigenvalue weighted by Gasteiger charge is -2.53. The van der Waals surface area contributed by atoms with Crippen LogP contribution in [0.3, 0.4) is 0 Å². The summed E-state index contributed by atoms with van der Waals surface area (Å²) in [5.41, 5.74) is -0.328. The number of amides is 2. The van der Waals surface area contributed by atoms with E-state index in [1.807, 2.05) is 23.6 Å². The highest BCUT2D eigenvalue weighted by molar-refractivity contribution is 5.97. The van der Waals surface area contributed by atoms with E-state index in [9.17, 15) is 9.59 Å². The van der Waals surface area contributed by atoms with Crippen molar-refractivity contribution >= 4 is 11.8 Å². The zero-order chi connectivity index (χ0) is 15.2. The summed E-state index contributed by atoms with van der Waals surface area (Å²) in [6.07, 6.45) is 3.68. The highest BCUT2D eigenvalue weighted by atomic mass is 16.5. The number of nitrogens with zero attached hydrogens (tertiary/aromatic N) is 2. The van der Waals surface area contributed by atoms with E-state index in [4.69, 9.17) is 4.74 Å². The third-order valence-electron chi connectivity index (χ3n) is 5.25. The third kappa shape index (κ3) is 2.26. The number of piperidine rings is 1. The SMILES string of the molecule is CC(C)C1C(=O)N2CCCCC2C(=O)N1C1(C)CCOC1. The zero-order valence-corrected chi connectivity index (χ0v) is 13.3. The van der Waals surface area contributed by atoms with Gasteiger partial charge in [0.25, 0.3) is 0 Å². The Kier molecular flexibility index (Phi) is 3.72. The standard InChI is InChI=1S/C16H26N2O3/c1-11(2)13-15(20)17-8-5-4-6-12(17)14(19)18(13)16(3)7-9-21-10-16/h11-13H,4-10H2,1-3H3. The van der Waals surface area contributed by atoms with Crippen molar-refractivity contribution in [3.8, 4) is 0 Å². The summed E-state index contributed by atoms with van der Waals surface area (Å²) in [7, 11) is 0. The topological polar surface area (TPSA) is 49.9 Å². The lowest BCUT2D eigenvalue weighted by molar-refractivity contribution is -0.173. The second-order valence-corrected chi connectivity index (χ2v) is 7.24. The molecule has 3 heterocycles. The summed E-state index contributed by atoms with van der Waals surface area (Å²) in [4.78, 5) is 29.8. The van der Waals surface area contributed by atoms with Crippen LogP contribution < -0.4 is 0 Å². The summed E-state index contributed by atoms with van der Waals surface area (Å²) in [6.45, 7) is 8.09. The Morgan fingerprint density at radius 1 is 1.24 bits per heavy atom. The van der Waals surface area contributed by atoms with Crippen LogP contribution in [0.1, 0.15) is 46.5 Å². The molecule has 5 nitrogen and oxygen atoms in total. The number of ether oxygens (including phenoxy) is 1. The van der Waals surface area contributed by atoms with E-state index >= 15 is 0 Å². The molecule has 3 unspecified atom stereocenters. The third-order valence-corrected chi connectivity index (χ3v) is 5.25. The molecule has 3 aliphatic heterocycles. The summed E-state index contributed by atoms with van der Waals surface area (Å²) in [5.74, 6) is 0.408. The van der Waals surface area contributed by atoms with Crippen LogP contribution in [-0.2, 0) is 14.3 Å². The Morgan fingerprint density at radius 2 is 2.00 bits per heavy atom. The van der Waals surface area contributed by atoms with Crippen molar-refractivity contribution in [3.63, 3.8) is 0 Å². The highest BCUT2D eigenvalue weighted by Gasteiger charge is 2.54. The maximum absolute atomic E-state index is 13.1. The average Bonchev–Trinajstić information content (AvgIpc) is 2.89. The number of fused-ring (bicyclic) bond motifs is 1. The molecule has 3 rings (SSSR count). The minimum atomic E-state index is -0.335. The first-order valence-electron chi connectivity index (χ1n) is 8.17. The number of piperazine rings is 1. The average molecular weight is 294 g/mol. The second-order valence-electron chi connectivity index (χ2n) is 7.24. The largest absolute Gasteiger partial charge is 0.379 e. The van der Waals surface area contributed by atoms with Gasteiger partial charge in [-0.2, -0.15) is 0 Å². The van der Waals surface area contributed by atoms with E-state index in [1.54, 1.807) is 0 Å². The van der Waals surface area contributed by atoms with Gasteiger partial charge in [-0.05, 0) is 38.5 Å². The van der Waals surface area contributed by atoms with E-state index in [-0.39, 0.29) is 35.4 Å². The zero-order valence-electron chi connectivity index (χ0n) is 13.3. The molecule has 0 radical (unpaired) electrons. The van der Waals surface area contributed by atoms with Crippen molar-refractivity contribution in [2.24, 2.45) is 5.92 Å². The predicted octanol–water partition coefficient (Wildman–Crippen LogP) is 1.41. The van der Waals surface area contributed by atoms with Crippen LogP contribution in [0.4, 0.5) is 0 Å². The molecule has 3 atom stereocenters. The molecule has 3 aliphatic rings. The number of hydrogen-bond donors (Lipinski definition) is 0. The van der Waals surface area contributed by atoms with Crippen molar-refractivity contribution in [2.45, 2.75) is 64.1 Å². The molecule has 0 aromatic rings. The minimum absolute atomic E-state index is 0.127. The summed E-state index contributed by atoms with van der Waals surface area (Å²) in [6, 6.07) is -0.572. The first-order chi connectivity index (χ1) is 9.96. The van der Waals surface area contributed by atoms with Crippen molar-refractivity contribution in [3.05, 3.63) is 0 Å². The summed E-state index contributed by atoms with van der Waals surface area (Å²) in [5, 5.41) is 0. The molecule has 0 aromatic heterocycles. The molecule has 0 bridgehead atoms. The van der Waals surface area contributed by atoms with Gasteiger partial charge < -0.3 is 14.5 Å². The monoisotopic (exact) mass is 294 g/mol. The molecule has 3 fully saturated rings. The van der Waals surface area contributed by atoms with Crippen LogP contribution in [-0.4, -0.2) is 59.0 Å². The second kappa shape index (κ2) is 5.27. The fraction of sp³-hybridized carbons (Fsp3) is 0.875. The molecule has 0 spiro atoms. The quantitative estimate of drug-likeness (QED) is 0.774. The number of carbonyl (C=O) groups excluding carboxylic acids is 2.